The first-order valence-corrected chi connectivity index (χ1v) is 6.73. The monoisotopic (exact) mass is 263 g/mol. The van der Waals surface area contributed by atoms with Crippen molar-refractivity contribution >= 4 is 11.7 Å². The van der Waals surface area contributed by atoms with Crippen molar-refractivity contribution in [3.63, 3.8) is 0 Å². The first-order chi connectivity index (χ1) is 9.19. The summed E-state index contributed by atoms with van der Waals surface area (Å²) in [6.07, 6.45) is 1.22. The van der Waals surface area contributed by atoms with E-state index in [0.717, 1.165) is 25.5 Å². The lowest BCUT2D eigenvalue weighted by Gasteiger charge is -2.11. The number of rotatable bonds is 5. The Morgan fingerprint density at radius 1 is 1.47 bits per heavy atom. The van der Waals surface area contributed by atoms with E-state index in [1.807, 2.05) is 6.92 Å². The molecule has 1 saturated heterocycles. The molecule has 1 aliphatic rings. The summed E-state index contributed by atoms with van der Waals surface area (Å²) in [5, 5.41) is 13.9. The molecule has 19 heavy (non-hydrogen) atoms. The number of nitrogens with one attached hydrogen (secondary N) is 2. The number of carbonyl (C=O) groups is 1. The predicted octanol–water partition coefficient (Wildman–Crippen LogP) is 0.590. The zero-order chi connectivity index (χ0) is 13.7. The van der Waals surface area contributed by atoms with Crippen molar-refractivity contribution in [1.82, 2.24) is 20.4 Å². The van der Waals surface area contributed by atoms with Crippen molar-refractivity contribution in [3.05, 3.63) is 17.8 Å². The Morgan fingerprint density at radius 2 is 2.32 bits per heavy atom. The predicted molar refractivity (Wildman–Crippen MR) is 74.1 cm³/mol. The Morgan fingerprint density at radius 3 is 2.89 bits per heavy atom. The molecule has 2 heterocycles. The molecule has 1 unspecified atom stereocenters. The van der Waals surface area contributed by atoms with Crippen LogP contribution in [0.4, 0.5) is 5.82 Å². The van der Waals surface area contributed by atoms with E-state index in [9.17, 15) is 4.79 Å². The van der Waals surface area contributed by atoms with E-state index in [4.69, 9.17) is 0 Å². The van der Waals surface area contributed by atoms with E-state index in [1.165, 1.54) is 6.42 Å². The van der Waals surface area contributed by atoms with Gasteiger partial charge in [0.25, 0.3) is 5.91 Å². The Labute approximate surface area is 113 Å². The average Bonchev–Trinajstić information content (AvgIpc) is 2.83. The Bertz CT molecular complexity index is 420. The summed E-state index contributed by atoms with van der Waals surface area (Å²) in [7, 11) is 2.14. The molecule has 2 rings (SSSR count). The number of carbonyl (C=O) groups excluding carboxylic acids is 1. The number of aromatic nitrogens is 2. The largest absolute Gasteiger partial charge is 0.368 e. The normalized spacial score (nSPS) is 19.4. The highest BCUT2D eigenvalue weighted by Crippen LogP contribution is 2.14. The van der Waals surface area contributed by atoms with Crippen LogP contribution in [0.15, 0.2) is 12.1 Å². The minimum Gasteiger partial charge on any atom is -0.368 e. The van der Waals surface area contributed by atoms with E-state index in [1.54, 1.807) is 12.1 Å². The second-order valence-corrected chi connectivity index (χ2v) is 4.96. The summed E-state index contributed by atoms with van der Waals surface area (Å²) in [5.41, 5.74) is 0.355. The molecule has 0 bridgehead atoms. The van der Waals surface area contributed by atoms with Crippen molar-refractivity contribution < 1.29 is 4.79 Å². The maximum absolute atomic E-state index is 11.5. The van der Waals surface area contributed by atoms with Crippen molar-refractivity contribution in [2.45, 2.75) is 13.3 Å². The SMILES string of the molecule is CCNC(=O)c1ccc(NCC2CCN(C)C2)nn1. The molecule has 2 N–H and O–H groups in total. The summed E-state index contributed by atoms with van der Waals surface area (Å²) in [4.78, 5) is 13.8. The first-order valence-electron chi connectivity index (χ1n) is 6.73. The van der Waals surface area contributed by atoms with Gasteiger partial charge in [-0.25, -0.2) is 0 Å². The molecular weight excluding hydrogens is 242 g/mol. The lowest BCUT2D eigenvalue weighted by Crippen LogP contribution is -2.24. The summed E-state index contributed by atoms with van der Waals surface area (Å²) < 4.78 is 0. The van der Waals surface area contributed by atoms with Gasteiger partial charge in [0, 0.05) is 19.6 Å². The molecule has 0 spiro atoms. The summed E-state index contributed by atoms with van der Waals surface area (Å²) in [6, 6.07) is 3.50. The van der Waals surface area contributed by atoms with Crippen molar-refractivity contribution in [3.8, 4) is 0 Å². The fourth-order valence-electron chi connectivity index (χ4n) is 2.24. The lowest BCUT2D eigenvalue weighted by molar-refractivity contribution is 0.0950. The third-order valence-corrected chi connectivity index (χ3v) is 3.30. The number of nitrogens with zero attached hydrogens (tertiary/aromatic N) is 3. The number of likely N-dealkylation sites (tertiary alicyclic amines) is 1. The standard InChI is InChI=1S/C13H21N5O/c1-3-14-13(19)11-4-5-12(17-16-11)15-8-10-6-7-18(2)9-10/h4-5,10H,3,6-9H2,1-2H3,(H,14,19)(H,15,17). The summed E-state index contributed by atoms with van der Waals surface area (Å²) in [6.45, 7) is 5.65. The van der Waals surface area contributed by atoms with Gasteiger partial charge in [0.05, 0.1) is 0 Å². The Hall–Kier alpha value is -1.69. The quantitative estimate of drug-likeness (QED) is 0.813. The molecule has 1 fully saturated rings. The summed E-state index contributed by atoms with van der Waals surface area (Å²) >= 11 is 0. The van der Waals surface area contributed by atoms with Crippen molar-refractivity contribution in [1.29, 1.82) is 0 Å². The van der Waals surface area contributed by atoms with E-state index in [0.29, 0.717) is 18.2 Å². The minimum absolute atomic E-state index is 0.182. The van der Waals surface area contributed by atoms with E-state index in [2.05, 4.69) is 32.8 Å². The smallest absolute Gasteiger partial charge is 0.271 e. The van der Waals surface area contributed by atoms with Crippen LogP contribution in [0, 0.1) is 5.92 Å². The molecular formula is C13H21N5O. The van der Waals surface area contributed by atoms with Gasteiger partial charge >= 0.3 is 0 Å². The van der Waals surface area contributed by atoms with Gasteiger partial charge in [0.15, 0.2) is 5.69 Å². The molecule has 0 aliphatic carbocycles. The van der Waals surface area contributed by atoms with Crippen LogP contribution in [-0.4, -0.2) is 54.2 Å². The van der Waals surface area contributed by atoms with Crippen LogP contribution in [0.1, 0.15) is 23.8 Å². The van der Waals surface area contributed by atoms with Crippen molar-refractivity contribution in [2.24, 2.45) is 5.92 Å². The zero-order valence-electron chi connectivity index (χ0n) is 11.5. The van der Waals surface area contributed by atoms with Crippen LogP contribution in [-0.2, 0) is 0 Å². The molecule has 6 heteroatoms. The zero-order valence-corrected chi connectivity index (χ0v) is 11.5. The second kappa shape index (κ2) is 6.47. The van der Waals surface area contributed by atoms with E-state index in [-0.39, 0.29) is 5.91 Å². The van der Waals surface area contributed by atoms with Crippen molar-refractivity contribution in [2.75, 3.05) is 38.5 Å². The van der Waals surface area contributed by atoms with Gasteiger partial charge < -0.3 is 15.5 Å². The van der Waals surface area contributed by atoms with Crippen LogP contribution < -0.4 is 10.6 Å². The van der Waals surface area contributed by atoms with Crippen LogP contribution in [0.3, 0.4) is 0 Å². The highest BCUT2D eigenvalue weighted by atomic mass is 16.1. The van der Waals surface area contributed by atoms with Crippen LogP contribution in [0.25, 0.3) is 0 Å². The Balaban J connectivity index is 1.83. The summed E-state index contributed by atoms with van der Waals surface area (Å²) in [5.74, 6) is 1.21. The van der Waals surface area contributed by atoms with E-state index >= 15 is 0 Å². The van der Waals surface area contributed by atoms with Gasteiger partial charge in [-0.05, 0) is 45.0 Å². The highest BCUT2D eigenvalue weighted by Gasteiger charge is 2.19. The molecule has 6 nitrogen and oxygen atoms in total. The first kappa shape index (κ1) is 13.7. The van der Waals surface area contributed by atoms with E-state index < -0.39 is 0 Å². The van der Waals surface area contributed by atoms with Gasteiger partial charge in [-0.3, -0.25) is 4.79 Å². The maximum atomic E-state index is 11.5. The molecule has 1 amide bonds. The average molecular weight is 263 g/mol. The third-order valence-electron chi connectivity index (χ3n) is 3.30. The van der Waals surface area contributed by atoms with Gasteiger partial charge in [0.2, 0.25) is 0 Å². The number of hydrogen-bond donors (Lipinski definition) is 2. The van der Waals surface area contributed by atoms with Crippen LogP contribution in [0.2, 0.25) is 0 Å². The fraction of sp³-hybridized carbons (Fsp3) is 0.615. The molecule has 0 aromatic carbocycles. The second-order valence-electron chi connectivity index (χ2n) is 4.96. The Kier molecular flexibility index (Phi) is 4.68. The minimum atomic E-state index is -0.182. The molecule has 1 atom stereocenters. The fourth-order valence-corrected chi connectivity index (χ4v) is 2.24. The molecule has 0 radical (unpaired) electrons. The van der Waals surface area contributed by atoms with Crippen LogP contribution >= 0.6 is 0 Å². The van der Waals surface area contributed by atoms with Gasteiger partial charge in [0.1, 0.15) is 5.82 Å². The maximum Gasteiger partial charge on any atom is 0.271 e. The molecule has 0 saturated carbocycles. The number of amides is 1. The van der Waals surface area contributed by atoms with Gasteiger partial charge in [-0.1, -0.05) is 0 Å². The topological polar surface area (TPSA) is 70.2 Å². The number of anilines is 1. The number of hydrogen-bond acceptors (Lipinski definition) is 5. The molecule has 1 aromatic rings. The third kappa shape index (κ3) is 3.89. The lowest BCUT2D eigenvalue weighted by atomic mass is 10.1. The van der Waals surface area contributed by atoms with Crippen LogP contribution in [0.5, 0.6) is 0 Å². The molecule has 104 valence electrons. The van der Waals surface area contributed by atoms with Gasteiger partial charge in [-0.2, -0.15) is 0 Å². The van der Waals surface area contributed by atoms with Gasteiger partial charge in [-0.15, -0.1) is 10.2 Å². The molecule has 1 aromatic heterocycles. The molecule has 1 aliphatic heterocycles. The highest BCUT2D eigenvalue weighted by molar-refractivity contribution is 5.92.